The number of alkyl halides is 9. The average Bonchev–Trinajstić information content (AvgIpc) is 2.60. The highest BCUT2D eigenvalue weighted by atomic mass is 19.4. The monoisotopic (exact) mass is 446 g/mol. The number of carbonyl (C=O) groups is 1. The van der Waals surface area contributed by atoms with Crippen molar-refractivity contribution >= 4 is 5.91 Å². The minimum atomic E-state index is -7.07. The summed E-state index contributed by atoms with van der Waals surface area (Å²) in [6.07, 6.45) is -0.589. The normalized spacial score (nSPS) is 13.8. The largest absolute Gasteiger partial charge is 0.460 e. The molecule has 29 heavy (non-hydrogen) atoms. The fourth-order valence-electron chi connectivity index (χ4n) is 2.45. The van der Waals surface area contributed by atoms with Gasteiger partial charge < -0.3 is 10.2 Å². The molecule has 0 saturated heterocycles. The number of hydrogen-bond donors (Lipinski definition) is 1. The highest BCUT2D eigenvalue weighted by Crippen LogP contribution is 2.53. The third-order valence-corrected chi connectivity index (χ3v) is 4.33. The Hall–Kier alpha value is -1.20. The van der Waals surface area contributed by atoms with Crippen molar-refractivity contribution in [2.24, 2.45) is 0 Å². The molecule has 0 unspecified atom stereocenters. The molecule has 0 heterocycles. The molecule has 12 heteroatoms. The van der Waals surface area contributed by atoms with Crippen molar-refractivity contribution in [2.45, 2.75) is 75.8 Å². The van der Waals surface area contributed by atoms with Crippen molar-refractivity contribution in [3.63, 3.8) is 0 Å². The lowest BCUT2D eigenvalue weighted by atomic mass is 10.0. The van der Waals surface area contributed by atoms with E-state index in [4.69, 9.17) is 0 Å². The van der Waals surface area contributed by atoms with Crippen LogP contribution >= 0.6 is 0 Å². The average molecular weight is 446 g/mol. The van der Waals surface area contributed by atoms with E-state index in [-0.39, 0.29) is 13.0 Å². The summed E-state index contributed by atoms with van der Waals surface area (Å²) in [4.78, 5) is 13.0. The molecule has 3 nitrogen and oxygen atoms in total. The summed E-state index contributed by atoms with van der Waals surface area (Å²) in [6, 6.07) is 0. The summed E-state index contributed by atoms with van der Waals surface area (Å²) in [5.41, 5.74) is 0. The second-order valence-electron chi connectivity index (χ2n) is 6.90. The number of rotatable bonds is 14. The van der Waals surface area contributed by atoms with Crippen LogP contribution in [0, 0.1) is 0 Å². The van der Waals surface area contributed by atoms with Gasteiger partial charge in [0.2, 0.25) is 0 Å². The molecule has 0 rings (SSSR count). The van der Waals surface area contributed by atoms with E-state index in [2.05, 4.69) is 6.92 Å². The zero-order valence-electron chi connectivity index (χ0n) is 16.3. The molecule has 0 aliphatic carbocycles. The van der Waals surface area contributed by atoms with Gasteiger partial charge in [-0.1, -0.05) is 39.0 Å². The zero-order chi connectivity index (χ0) is 22.9. The van der Waals surface area contributed by atoms with E-state index in [0.717, 1.165) is 38.5 Å². The maximum absolute atomic E-state index is 13.3. The molecule has 0 radical (unpaired) electrons. The fourth-order valence-corrected chi connectivity index (χ4v) is 2.45. The lowest BCUT2D eigenvalue weighted by Gasteiger charge is -2.32. The Bertz CT molecular complexity index is 496. The van der Waals surface area contributed by atoms with Crippen LogP contribution in [-0.2, 0) is 4.79 Å². The highest BCUT2D eigenvalue weighted by molar-refractivity contribution is 5.84. The number of carbonyl (C=O) groups excluding carboxylic acids is 1. The minimum absolute atomic E-state index is 0.0232. The summed E-state index contributed by atoms with van der Waals surface area (Å²) in [5, 5.41) is 1.30. The van der Waals surface area contributed by atoms with Gasteiger partial charge in [-0.05, 0) is 33.0 Å². The lowest BCUT2D eigenvalue weighted by Crippen LogP contribution is -2.65. The molecule has 0 aromatic heterocycles. The molecule has 0 aromatic carbocycles. The number of amides is 1. The van der Waals surface area contributed by atoms with Gasteiger partial charge in [0.1, 0.15) is 0 Å². The molecule has 0 aromatic rings. The number of unbranched alkanes of at least 4 members (excludes halogenated alkanes) is 5. The Morgan fingerprint density at radius 2 is 1.24 bits per heavy atom. The Labute approximate surface area is 164 Å². The number of nitrogens with zero attached hydrogens (tertiary/aromatic N) is 1. The summed E-state index contributed by atoms with van der Waals surface area (Å²) in [7, 11) is 1.71. The van der Waals surface area contributed by atoms with E-state index in [1.807, 2.05) is 0 Å². The summed E-state index contributed by atoms with van der Waals surface area (Å²) < 4.78 is 114. The third kappa shape index (κ3) is 7.53. The van der Waals surface area contributed by atoms with Crippen LogP contribution in [0.1, 0.15) is 51.9 Å². The first-order chi connectivity index (χ1) is 13.1. The number of halogens is 9. The summed E-state index contributed by atoms with van der Waals surface area (Å²) in [5.74, 6) is -23.1. The van der Waals surface area contributed by atoms with E-state index in [1.165, 1.54) is 5.32 Å². The zero-order valence-corrected chi connectivity index (χ0v) is 16.3. The van der Waals surface area contributed by atoms with Crippen LogP contribution in [0.4, 0.5) is 39.5 Å². The molecular weight excluding hydrogens is 419 g/mol. The van der Waals surface area contributed by atoms with Gasteiger partial charge >= 0.3 is 23.9 Å². The molecule has 0 spiro atoms. The second-order valence-corrected chi connectivity index (χ2v) is 6.90. The topological polar surface area (TPSA) is 32.3 Å². The van der Waals surface area contributed by atoms with Crippen molar-refractivity contribution in [1.82, 2.24) is 10.2 Å². The van der Waals surface area contributed by atoms with Crippen LogP contribution < -0.4 is 5.32 Å². The van der Waals surface area contributed by atoms with Crippen molar-refractivity contribution in [3.8, 4) is 0 Å². The van der Waals surface area contributed by atoms with Gasteiger partial charge in [0.05, 0.1) is 0 Å². The Kier molecular flexibility index (Phi) is 10.8. The molecular formula is C17H27F9N2O. The van der Waals surface area contributed by atoms with Crippen LogP contribution in [0.3, 0.4) is 0 Å². The maximum Gasteiger partial charge on any atom is 0.460 e. The molecule has 174 valence electrons. The smallest absolute Gasteiger partial charge is 0.351 e. The van der Waals surface area contributed by atoms with Crippen molar-refractivity contribution in [1.29, 1.82) is 0 Å². The Morgan fingerprint density at radius 3 is 1.76 bits per heavy atom. The maximum atomic E-state index is 13.3. The van der Waals surface area contributed by atoms with Gasteiger partial charge in [-0.3, -0.25) is 4.79 Å². The minimum Gasteiger partial charge on any atom is -0.351 e. The summed E-state index contributed by atoms with van der Waals surface area (Å²) in [6.45, 7) is 2.47. The SMILES string of the molecule is CCCCCCCCN(C)CCCNC(=O)C(F)(F)C(F)(F)C(F)(F)C(F)(F)F. The van der Waals surface area contributed by atoms with Gasteiger partial charge in [-0.2, -0.15) is 39.5 Å². The van der Waals surface area contributed by atoms with Crippen LogP contribution in [0.2, 0.25) is 0 Å². The Morgan fingerprint density at radius 1 is 0.759 bits per heavy atom. The van der Waals surface area contributed by atoms with Gasteiger partial charge in [0.25, 0.3) is 5.91 Å². The van der Waals surface area contributed by atoms with Gasteiger partial charge in [0.15, 0.2) is 0 Å². The predicted molar refractivity (Wildman–Crippen MR) is 89.4 cm³/mol. The first-order valence-electron chi connectivity index (χ1n) is 9.30. The molecule has 0 fully saturated rings. The van der Waals surface area contributed by atoms with Crippen LogP contribution in [-0.4, -0.2) is 61.4 Å². The van der Waals surface area contributed by atoms with Crippen LogP contribution in [0.15, 0.2) is 0 Å². The first-order valence-corrected chi connectivity index (χ1v) is 9.30. The molecule has 0 aliphatic rings. The van der Waals surface area contributed by atoms with E-state index in [1.54, 1.807) is 11.9 Å². The molecule has 1 amide bonds. The highest BCUT2D eigenvalue weighted by Gasteiger charge is 2.83. The quantitative estimate of drug-likeness (QED) is 0.292. The van der Waals surface area contributed by atoms with E-state index >= 15 is 0 Å². The molecule has 0 bridgehead atoms. The number of nitrogens with one attached hydrogen (secondary N) is 1. The Balaban J connectivity index is 4.42. The standard InChI is InChI=1S/C17H27F9N2O/c1-3-4-5-6-7-8-11-28(2)12-9-10-27-13(29)14(18,19)15(20,21)16(22,23)17(24,25)26/h3-12H2,1-2H3,(H,27,29). The number of hydrogen-bond acceptors (Lipinski definition) is 2. The van der Waals surface area contributed by atoms with Crippen LogP contribution in [0.25, 0.3) is 0 Å². The molecule has 0 aliphatic heterocycles. The van der Waals surface area contributed by atoms with E-state index in [0.29, 0.717) is 6.54 Å². The third-order valence-electron chi connectivity index (χ3n) is 4.33. The molecule has 0 saturated carbocycles. The lowest BCUT2D eigenvalue weighted by molar-refractivity contribution is -0.388. The second kappa shape index (κ2) is 11.3. The summed E-state index contributed by atoms with van der Waals surface area (Å²) >= 11 is 0. The van der Waals surface area contributed by atoms with Crippen molar-refractivity contribution in [3.05, 3.63) is 0 Å². The van der Waals surface area contributed by atoms with Gasteiger partial charge in [0, 0.05) is 6.54 Å². The van der Waals surface area contributed by atoms with Crippen molar-refractivity contribution in [2.75, 3.05) is 26.7 Å². The molecule has 1 N–H and O–H groups in total. The first kappa shape index (κ1) is 27.8. The fraction of sp³-hybridized carbons (Fsp3) is 0.941. The molecule has 0 atom stereocenters. The van der Waals surface area contributed by atoms with Gasteiger partial charge in [-0.25, -0.2) is 0 Å². The predicted octanol–water partition coefficient (Wildman–Crippen LogP) is 5.25. The van der Waals surface area contributed by atoms with Crippen LogP contribution in [0.5, 0.6) is 0 Å². The van der Waals surface area contributed by atoms with Crippen molar-refractivity contribution < 1.29 is 44.3 Å². The van der Waals surface area contributed by atoms with E-state index < -0.39 is 36.4 Å². The van der Waals surface area contributed by atoms with Gasteiger partial charge in [-0.15, -0.1) is 0 Å². The van der Waals surface area contributed by atoms with E-state index in [9.17, 15) is 44.3 Å².